The fourth-order valence-electron chi connectivity index (χ4n) is 2.41. The SMILES string of the molecule is CCNC(=NCCCn1c(C)nc2ccccc21)NCCO. The molecule has 0 spiro atoms. The van der Waals surface area contributed by atoms with E-state index in [1.807, 2.05) is 32.0 Å². The van der Waals surface area contributed by atoms with Crippen LogP contribution in [0.25, 0.3) is 11.0 Å². The summed E-state index contributed by atoms with van der Waals surface area (Å²) < 4.78 is 2.24. The molecular formula is C16H25N5O. The Labute approximate surface area is 131 Å². The van der Waals surface area contributed by atoms with E-state index < -0.39 is 0 Å². The fourth-order valence-corrected chi connectivity index (χ4v) is 2.41. The second-order valence-corrected chi connectivity index (χ2v) is 5.06. The topological polar surface area (TPSA) is 74.5 Å². The van der Waals surface area contributed by atoms with Gasteiger partial charge in [-0.25, -0.2) is 4.98 Å². The fraction of sp³-hybridized carbons (Fsp3) is 0.500. The molecule has 0 radical (unpaired) electrons. The monoisotopic (exact) mass is 303 g/mol. The maximum absolute atomic E-state index is 8.86. The van der Waals surface area contributed by atoms with Crippen LogP contribution in [0.1, 0.15) is 19.2 Å². The highest BCUT2D eigenvalue weighted by atomic mass is 16.3. The summed E-state index contributed by atoms with van der Waals surface area (Å²) in [5, 5.41) is 15.1. The molecule has 1 heterocycles. The Morgan fingerprint density at radius 2 is 2.14 bits per heavy atom. The summed E-state index contributed by atoms with van der Waals surface area (Å²) in [4.78, 5) is 9.08. The lowest BCUT2D eigenvalue weighted by Crippen LogP contribution is -2.38. The highest BCUT2D eigenvalue weighted by molar-refractivity contribution is 5.79. The number of hydrogen-bond donors (Lipinski definition) is 3. The van der Waals surface area contributed by atoms with E-state index in [2.05, 4.69) is 31.2 Å². The number of guanidine groups is 1. The number of aromatic nitrogens is 2. The quantitative estimate of drug-likeness (QED) is 0.409. The zero-order valence-electron chi connectivity index (χ0n) is 13.3. The molecule has 3 N–H and O–H groups in total. The summed E-state index contributed by atoms with van der Waals surface area (Å²) in [6.45, 7) is 7.11. The molecule has 6 nitrogen and oxygen atoms in total. The number of rotatable bonds is 7. The lowest BCUT2D eigenvalue weighted by atomic mass is 10.3. The third-order valence-corrected chi connectivity index (χ3v) is 3.40. The number of aliphatic hydroxyl groups is 1. The van der Waals surface area contributed by atoms with Crippen LogP contribution in [-0.2, 0) is 6.54 Å². The highest BCUT2D eigenvalue weighted by Gasteiger charge is 2.05. The van der Waals surface area contributed by atoms with E-state index in [4.69, 9.17) is 5.11 Å². The van der Waals surface area contributed by atoms with Gasteiger partial charge in [-0.05, 0) is 32.4 Å². The lowest BCUT2D eigenvalue weighted by Gasteiger charge is -2.10. The Kier molecular flexibility index (Phi) is 6.21. The van der Waals surface area contributed by atoms with Gasteiger partial charge in [-0.3, -0.25) is 4.99 Å². The molecule has 0 atom stereocenters. The predicted octanol–water partition coefficient (Wildman–Crippen LogP) is 1.28. The van der Waals surface area contributed by atoms with Crippen LogP contribution in [-0.4, -0.2) is 46.9 Å². The summed E-state index contributed by atoms with van der Waals surface area (Å²) in [6.07, 6.45) is 0.941. The van der Waals surface area contributed by atoms with Crippen LogP contribution >= 0.6 is 0 Å². The van der Waals surface area contributed by atoms with Crippen molar-refractivity contribution in [2.45, 2.75) is 26.8 Å². The molecule has 0 aliphatic heterocycles. The van der Waals surface area contributed by atoms with E-state index in [1.54, 1.807) is 0 Å². The minimum Gasteiger partial charge on any atom is -0.395 e. The maximum Gasteiger partial charge on any atom is 0.191 e. The van der Waals surface area contributed by atoms with E-state index in [1.165, 1.54) is 5.52 Å². The van der Waals surface area contributed by atoms with Crippen molar-refractivity contribution in [3.05, 3.63) is 30.1 Å². The van der Waals surface area contributed by atoms with Crippen LogP contribution in [0.5, 0.6) is 0 Å². The van der Waals surface area contributed by atoms with Gasteiger partial charge < -0.3 is 20.3 Å². The number of para-hydroxylation sites is 2. The number of fused-ring (bicyclic) bond motifs is 1. The van der Waals surface area contributed by atoms with Crippen molar-refractivity contribution in [1.82, 2.24) is 20.2 Å². The van der Waals surface area contributed by atoms with Crippen LogP contribution in [0, 0.1) is 6.92 Å². The summed E-state index contributed by atoms with van der Waals surface area (Å²) in [5.41, 5.74) is 2.22. The van der Waals surface area contributed by atoms with Crippen LogP contribution in [0.4, 0.5) is 0 Å². The molecule has 0 fully saturated rings. The van der Waals surface area contributed by atoms with Crippen molar-refractivity contribution in [1.29, 1.82) is 0 Å². The average Bonchev–Trinajstić information content (AvgIpc) is 2.84. The van der Waals surface area contributed by atoms with Crippen molar-refractivity contribution in [3.63, 3.8) is 0 Å². The molecule has 0 saturated carbocycles. The van der Waals surface area contributed by atoms with Crippen molar-refractivity contribution < 1.29 is 5.11 Å². The second-order valence-electron chi connectivity index (χ2n) is 5.06. The minimum atomic E-state index is 0.102. The maximum atomic E-state index is 8.86. The zero-order chi connectivity index (χ0) is 15.8. The van der Waals surface area contributed by atoms with E-state index in [-0.39, 0.29) is 6.61 Å². The largest absolute Gasteiger partial charge is 0.395 e. The molecule has 0 unspecified atom stereocenters. The van der Waals surface area contributed by atoms with Gasteiger partial charge in [-0.2, -0.15) is 0 Å². The van der Waals surface area contributed by atoms with Crippen LogP contribution in [0.3, 0.4) is 0 Å². The molecule has 0 saturated heterocycles. The molecule has 0 amide bonds. The molecule has 0 aliphatic rings. The van der Waals surface area contributed by atoms with Gasteiger partial charge in [0.25, 0.3) is 0 Å². The number of aliphatic imine (C=N–C) groups is 1. The zero-order valence-corrected chi connectivity index (χ0v) is 13.3. The number of benzene rings is 1. The average molecular weight is 303 g/mol. The van der Waals surface area contributed by atoms with Crippen LogP contribution in [0.2, 0.25) is 0 Å². The van der Waals surface area contributed by atoms with E-state index in [0.717, 1.165) is 43.4 Å². The normalized spacial score (nSPS) is 11.9. The lowest BCUT2D eigenvalue weighted by molar-refractivity contribution is 0.300. The Morgan fingerprint density at radius 3 is 2.91 bits per heavy atom. The van der Waals surface area contributed by atoms with Gasteiger partial charge in [-0.15, -0.1) is 0 Å². The second kappa shape index (κ2) is 8.38. The smallest absolute Gasteiger partial charge is 0.191 e. The van der Waals surface area contributed by atoms with Gasteiger partial charge in [0.2, 0.25) is 0 Å². The van der Waals surface area contributed by atoms with Gasteiger partial charge in [0.1, 0.15) is 5.82 Å². The molecular weight excluding hydrogens is 278 g/mol. The molecule has 0 aliphatic carbocycles. The first-order valence-electron chi connectivity index (χ1n) is 7.81. The van der Waals surface area contributed by atoms with E-state index in [9.17, 15) is 0 Å². The van der Waals surface area contributed by atoms with Crippen LogP contribution in [0.15, 0.2) is 29.3 Å². The number of nitrogens with zero attached hydrogens (tertiary/aromatic N) is 3. The molecule has 1 aromatic heterocycles. The highest BCUT2D eigenvalue weighted by Crippen LogP contribution is 2.15. The number of aliphatic hydroxyl groups excluding tert-OH is 1. The van der Waals surface area contributed by atoms with E-state index >= 15 is 0 Å². The standard InChI is InChI=1S/C16H25N5O/c1-3-17-16(19-10-12-22)18-9-6-11-21-13(2)20-14-7-4-5-8-15(14)21/h4-5,7-8,22H,3,6,9-12H2,1-2H3,(H2,17,18,19). The van der Waals surface area contributed by atoms with Crippen LogP contribution < -0.4 is 10.6 Å². The van der Waals surface area contributed by atoms with Crippen molar-refractivity contribution >= 4 is 17.0 Å². The third-order valence-electron chi connectivity index (χ3n) is 3.40. The van der Waals surface area contributed by atoms with Gasteiger partial charge in [0.05, 0.1) is 17.6 Å². The molecule has 2 rings (SSSR count). The summed E-state index contributed by atoms with van der Waals surface area (Å²) in [5.74, 6) is 1.79. The van der Waals surface area contributed by atoms with Crippen molar-refractivity contribution in [2.24, 2.45) is 4.99 Å². The number of nitrogens with one attached hydrogen (secondary N) is 2. The summed E-state index contributed by atoms with van der Waals surface area (Å²) in [7, 11) is 0. The summed E-state index contributed by atoms with van der Waals surface area (Å²) in [6, 6.07) is 8.20. The van der Waals surface area contributed by atoms with Gasteiger partial charge in [0, 0.05) is 26.2 Å². The molecule has 2 aromatic rings. The van der Waals surface area contributed by atoms with Crippen molar-refractivity contribution in [3.8, 4) is 0 Å². The molecule has 22 heavy (non-hydrogen) atoms. The first kappa shape index (κ1) is 16.3. The van der Waals surface area contributed by atoms with Crippen molar-refractivity contribution in [2.75, 3.05) is 26.2 Å². The van der Waals surface area contributed by atoms with Gasteiger partial charge >= 0.3 is 0 Å². The Hall–Kier alpha value is -2.08. The Morgan fingerprint density at radius 1 is 1.32 bits per heavy atom. The van der Waals surface area contributed by atoms with E-state index in [0.29, 0.717) is 6.54 Å². The molecule has 0 bridgehead atoms. The number of hydrogen-bond acceptors (Lipinski definition) is 3. The summed E-state index contributed by atoms with van der Waals surface area (Å²) >= 11 is 0. The first-order chi connectivity index (χ1) is 10.8. The number of aryl methyl sites for hydroxylation is 2. The molecule has 6 heteroatoms. The first-order valence-corrected chi connectivity index (χ1v) is 7.81. The third kappa shape index (κ3) is 4.21. The minimum absolute atomic E-state index is 0.102. The Balaban J connectivity index is 1.93. The molecule has 120 valence electrons. The predicted molar refractivity (Wildman–Crippen MR) is 90.2 cm³/mol. The Bertz CT molecular complexity index is 620. The van der Waals surface area contributed by atoms with Gasteiger partial charge in [0.15, 0.2) is 5.96 Å². The number of imidazole rings is 1. The van der Waals surface area contributed by atoms with Gasteiger partial charge in [-0.1, -0.05) is 12.1 Å². The molecule has 1 aromatic carbocycles.